The number of halogens is 1. The molecule has 1 saturated heterocycles. The molecule has 3 aromatic rings. The van der Waals surface area contributed by atoms with Gasteiger partial charge in [-0.05, 0) is 90.2 Å². The molecule has 0 spiro atoms. The van der Waals surface area contributed by atoms with Crippen LogP contribution in [0.15, 0.2) is 60.7 Å². The first kappa shape index (κ1) is 20.6. The fraction of sp³-hybridized carbons (Fsp3) is 0.261. The second-order valence-corrected chi connectivity index (χ2v) is 8.27. The first-order valence-corrected chi connectivity index (χ1v) is 11.1. The molecule has 0 bridgehead atoms. The molecule has 0 aliphatic carbocycles. The van der Waals surface area contributed by atoms with Gasteiger partial charge in [0.1, 0.15) is 5.75 Å². The van der Waals surface area contributed by atoms with Crippen molar-refractivity contribution in [2.75, 3.05) is 37.7 Å². The lowest BCUT2D eigenvalue weighted by Gasteiger charge is -2.35. The smallest absolute Gasteiger partial charge is 0.253 e. The van der Waals surface area contributed by atoms with Gasteiger partial charge < -0.3 is 14.5 Å². The molecule has 0 radical (unpaired) electrons. The van der Waals surface area contributed by atoms with Crippen molar-refractivity contribution in [2.45, 2.75) is 6.92 Å². The van der Waals surface area contributed by atoms with Crippen molar-refractivity contribution in [3.05, 3.63) is 69.8 Å². The lowest BCUT2D eigenvalue weighted by molar-refractivity contribution is 0.0746. The van der Waals surface area contributed by atoms with E-state index >= 15 is 0 Å². The molecular weight excluding hydrogens is 491 g/mol. The fourth-order valence-corrected chi connectivity index (χ4v) is 3.81. The molecule has 0 N–H and O–H groups in total. The van der Waals surface area contributed by atoms with Crippen LogP contribution in [-0.4, -0.2) is 53.8 Å². The van der Waals surface area contributed by atoms with Gasteiger partial charge in [-0.15, -0.1) is 10.2 Å². The number of ether oxygens (including phenoxy) is 1. The molecule has 30 heavy (non-hydrogen) atoms. The molecule has 1 aliphatic rings. The first-order chi connectivity index (χ1) is 14.6. The van der Waals surface area contributed by atoms with Gasteiger partial charge in [-0.25, -0.2) is 0 Å². The Balaban J connectivity index is 1.36. The van der Waals surface area contributed by atoms with Crippen LogP contribution in [0.4, 0.5) is 5.82 Å². The predicted molar refractivity (Wildman–Crippen MR) is 126 cm³/mol. The van der Waals surface area contributed by atoms with Crippen molar-refractivity contribution >= 4 is 34.3 Å². The summed E-state index contributed by atoms with van der Waals surface area (Å²) in [6.07, 6.45) is 0. The molecule has 0 unspecified atom stereocenters. The van der Waals surface area contributed by atoms with Gasteiger partial charge in [0.15, 0.2) is 5.82 Å². The molecule has 2 aromatic carbocycles. The highest BCUT2D eigenvalue weighted by molar-refractivity contribution is 14.1. The number of hydrogen-bond acceptors (Lipinski definition) is 5. The van der Waals surface area contributed by atoms with Crippen LogP contribution in [0.3, 0.4) is 0 Å². The number of rotatable bonds is 5. The predicted octanol–water partition coefficient (Wildman–Crippen LogP) is 4.11. The third-order valence-electron chi connectivity index (χ3n) is 5.09. The maximum Gasteiger partial charge on any atom is 0.253 e. The molecule has 6 nitrogen and oxygen atoms in total. The number of aromatic nitrogens is 2. The number of carbonyl (C=O) groups excluding carboxylic acids is 1. The Bertz CT molecular complexity index is 983. The molecule has 1 fully saturated rings. The highest BCUT2D eigenvalue weighted by Crippen LogP contribution is 2.22. The van der Waals surface area contributed by atoms with Gasteiger partial charge in [-0.2, -0.15) is 0 Å². The highest BCUT2D eigenvalue weighted by Gasteiger charge is 2.23. The lowest BCUT2D eigenvalue weighted by Crippen LogP contribution is -2.49. The topological polar surface area (TPSA) is 58.6 Å². The van der Waals surface area contributed by atoms with Gasteiger partial charge in [0, 0.05) is 40.9 Å². The van der Waals surface area contributed by atoms with E-state index in [1.807, 2.05) is 72.5 Å². The Labute approximate surface area is 190 Å². The van der Waals surface area contributed by atoms with E-state index in [4.69, 9.17) is 4.74 Å². The molecule has 4 rings (SSSR count). The summed E-state index contributed by atoms with van der Waals surface area (Å²) in [4.78, 5) is 16.8. The van der Waals surface area contributed by atoms with Crippen LogP contribution in [-0.2, 0) is 0 Å². The number of anilines is 1. The van der Waals surface area contributed by atoms with Crippen molar-refractivity contribution in [1.82, 2.24) is 15.1 Å². The molecular formula is C23H23IN4O2. The minimum absolute atomic E-state index is 0.0861. The summed E-state index contributed by atoms with van der Waals surface area (Å²) in [7, 11) is 0. The zero-order valence-corrected chi connectivity index (χ0v) is 18.9. The number of hydrogen-bond donors (Lipinski definition) is 0. The summed E-state index contributed by atoms with van der Waals surface area (Å²) >= 11 is 2.24. The summed E-state index contributed by atoms with van der Waals surface area (Å²) in [5.74, 6) is 1.78. The van der Waals surface area contributed by atoms with Crippen LogP contribution in [0.25, 0.3) is 11.3 Å². The van der Waals surface area contributed by atoms with E-state index in [0.29, 0.717) is 19.7 Å². The van der Waals surface area contributed by atoms with Crippen molar-refractivity contribution < 1.29 is 9.53 Å². The second-order valence-electron chi connectivity index (χ2n) is 7.02. The van der Waals surface area contributed by atoms with Gasteiger partial charge in [0.25, 0.3) is 5.91 Å². The van der Waals surface area contributed by atoms with Gasteiger partial charge in [-0.3, -0.25) is 4.79 Å². The molecule has 0 atom stereocenters. The molecule has 1 amide bonds. The van der Waals surface area contributed by atoms with Gasteiger partial charge >= 0.3 is 0 Å². The molecule has 2 heterocycles. The number of carbonyl (C=O) groups is 1. The largest absolute Gasteiger partial charge is 0.494 e. The zero-order chi connectivity index (χ0) is 20.9. The van der Waals surface area contributed by atoms with E-state index < -0.39 is 0 Å². The minimum atomic E-state index is 0.0861. The normalized spacial score (nSPS) is 13.9. The standard InChI is InChI=1S/C23H23IN4O2/c1-2-30-20-9-5-17(6-10-20)21-11-12-22(26-25-21)27-13-15-28(16-14-27)23(29)18-3-7-19(24)8-4-18/h3-12H,2,13-16H2,1H3. The molecule has 0 saturated carbocycles. The van der Waals surface area contributed by atoms with Crippen molar-refractivity contribution in [3.8, 4) is 17.0 Å². The van der Waals surface area contributed by atoms with Crippen molar-refractivity contribution in [3.63, 3.8) is 0 Å². The quantitative estimate of drug-likeness (QED) is 0.480. The van der Waals surface area contributed by atoms with Gasteiger partial charge in [-0.1, -0.05) is 0 Å². The van der Waals surface area contributed by atoms with E-state index in [1.165, 1.54) is 0 Å². The molecule has 1 aromatic heterocycles. The summed E-state index contributed by atoms with van der Waals surface area (Å²) in [6.45, 7) is 5.45. The number of benzene rings is 2. The van der Waals surface area contributed by atoms with Crippen LogP contribution >= 0.6 is 22.6 Å². The van der Waals surface area contributed by atoms with Gasteiger partial charge in [0.2, 0.25) is 0 Å². The summed E-state index contributed by atoms with van der Waals surface area (Å²) in [6, 6.07) is 19.6. The third kappa shape index (κ3) is 4.72. The van der Waals surface area contributed by atoms with Gasteiger partial charge in [0.05, 0.1) is 12.3 Å². The monoisotopic (exact) mass is 514 g/mol. The number of nitrogens with zero attached hydrogens (tertiary/aromatic N) is 4. The van der Waals surface area contributed by atoms with E-state index in [9.17, 15) is 4.79 Å². The SMILES string of the molecule is CCOc1ccc(-c2ccc(N3CCN(C(=O)c4ccc(I)cc4)CC3)nn2)cc1. The second kappa shape index (κ2) is 9.42. The molecule has 7 heteroatoms. The van der Waals surface area contributed by atoms with Crippen LogP contribution < -0.4 is 9.64 Å². The zero-order valence-electron chi connectivity index (χ0n) is 16.8. The van der Waals surface area contributed by atoms with Crippen LogP contribution in [0.5, 0.6) is 5.75 Å². The Morgan fingerprint density at radius 2 is 1.63 bits per heavy atom. The summed E-state index contributed by atoms with van der Waals surface area (Å²) < 4.78 is 6.61. The fourth-order valence-electron chi connectivity index (χ4n) is 3.45. The Morgan fingerprint density at radius 3 is 2.23 bits per heavy atom. The Hall–Kier alpha value is -2.68. The van der Waals surface area contributed by atoms with Crippen LogP contribution in [0.1, 0.15) is 17.3 Å². The Morgan fingerprint density at radius 1 is 0.933 bits per heavy atom. The average molecular weight is 514 g/mol. The van der Waals surface area contributed by atoms with E-state index in [2.05, 4.69) is 37.7 Å². The summed E-state index contributed by atoms with van der Waals surface area (Å²) in [5.41, 5.74) is 2.57. The van der Waals surface area contributed by atoms with Crippen LogP contribution in [0, 0.1) is 3.57 Å². The molecule has 154 valence electrons. The number of amides is 1. The number of piperazine rings is 1. The van der Waals surface area contributed by atoms with Crippen molar-refractivity contribution in [2.24, 2.45) is 0 Å². The highest BCUT2D eigenvalue weighted by atomic mass is 127. The maximum atomic E-state index is 12.7. The maximum absolute atomic E-state index is 12.7. The van der Waals surface area contributed by atoms with E-state index in [0.717, 1.165) is 45.0 Å². The average Bonchev–Trinajstić information content (AvgIpc) is 2.80. The third-order valence-corrected chi connectivity index (χ3v) is 5.81. The van der Waals surface area contributed by atoms with Crippen LogP contribution in [0.2, 0.25) is 0 Å². The molecule has 1 aliphatic heterocycles. The summed E-state index contributed by atoms with van der Waals surface area (Å²) in [5, 5.41) is 8.81. The van der Waals surface area contributed by atoms with Crippen molar-refractivity contribution in [1.29, 1.82) is 0 Å². The van der Waals surface area contributed by atoms with E-state index in [1.54, 1.807) is 0 Å². The first-order valence-electron chi connectivity index (χ1n) is 10.0. The Kier molecular flexibility index (Phi) is 6.47. The van der Waals surface area contributed by atoms with E-state index in [-0.39, 0.29) is 5.91 Å². The lowest BCUT2D eigenvalue weighted by atomic mass is 10.1. The minimum Gasteiger partial charge on any atom is -0.494 e.